The van der Waals surface area contributed by atoms with Crippen molar-refractivity contribution in [1.29, 1.82) is 0 Å². The molecule has 2 heterocycles. The second-order valence-corrected chi connectivity index (χ2v) is 5.27. The van der Waals surface area contributed by atoms with Crippen LogP contribution < -0.4 is 0 Å². The number of fused-ring (bicyclic) bond motifs is 1. The molecule has 0 aliphatic rings. The smallest absolute Gasteiger partial charge is 0.144 e. The molecule has 3 rings (SSSR count). The summed E-state index contributed by atoms with van der Waals surface area (Å²) in [6.45, 7) is 1.95. The fourth-order valence-corrected chi connectivity index (χ4v) is 2.25. The Hall–Kier alpha value is -1.66. The predicted molar refractivity (Wildman–Crippen MR) is 80.4 cm³/mol. The Labute approximate surface area is 123 Å². The zero-order valence-corrected chi connectivity index (χ0v) is 12.4. The van der Waals surface area contributed by atoms with Crippen molar-refractivity contribution < 1.29 is 0 Å². The van der Waals surface area contributed by atoms with E-state index in [2.05, 4.69) is 35.9 Å². The number of aromatic amines is 1. The van der Waals surface area contributed by atoms with Crippen LogP contribution in [0.5, 0.6) is 0 Å². The molecule has 0 saturated heterocycles. The minimum absolute atomic E-state index is 0.547. The summed E-state index contributed by atoms with van der Waals surface area (Å²) in [6.07, 6.45) is 3.35. The quantitative estimate of drug-likeness (QED) is 0.688. The van der Waals surface area contributed by atoms with Gasteiger partial charge in [0, 0.05) is 23.7 Å². The highest BCUT2D eigenvalue weighted by Crippen LogP contribution is 2.22. The van der Waals surface area contributed by atoms with Crippen molar-refractivity contribution in [2.45, 2.75) is 6.92 Å². The van der Waals surface area contributed by atoms with Gasteiger partial charge in [0.25, 0.3) is 0 Å². The lowest BCUT2D eigenvalue weighted by Crippen LogP contribution is -1.94. The number of H-pyrrole nitrogens is 1. The van der Waals surface area contributed by atoms with Gasteiger partial charge in [-0.1, -0.05) is 12.2 Å². The average Bonchev–Trinajstić information content (AvgIpc) is 2.43. The Morgan fingerprint density at radius 3 is 2.63 bits per heavy atom. The third-order valence-corrected chi connectivity index (χ3v) is 4.31. The molecule has 0 saturated carbocycles. The molecule has 3 aromatic rings. The summed E-state index contributed by atoms with van der Waals surface area (Å²) in [5.41, 5.74) is 3.59. The molecule has 6 heteroatoms. The van der Waals surface area contributed by atoms with Gasteiger partial charge in [0.1, 0.15) is 10.5 Å². The Balaban J connectivity index is 2.22. The molecule has 2 aromatic heterocycles. The molecule has 0 atom stereocenters. The van der Waals surface area contributed by atoms with Gasteiger partial charge in [-0.25, -0.2) is 4.98 Å². The molecule has 0 fully saturated rings. The van der Waals surface area contributed by atoms with Gasteiger partial charge in [-0.3, -0.25) is 9.97 Å². The Kier molecular flexibility index (Phi) is 3.12. The number of hydrogen-bond acceptors (Lipinski definition) is 4. The molecule has 0 amide bonds. The summed E-state index contributed by atoms with van der Waals surface area (Å²) in [5, 5.41) is 0. The maximum absolute atomic E-state index is 5.22. The van der Waals surface area contributed by atoms with E-state index in [-0.39, 0.29) is 0 Å². The van der Waals surface area contributed by atoms with Crippen molar-refractivity contribution in [3.05, 3.63) is 45.4 Å². The molecule has 19 heavy (non-hydrogen) atoms. The van der Waals surface area contributed by atoms with E-state index in [0.29, 0.717) is 4.64 Å². The lowest BCUT2D eigenvalue weighted by Gasteiger charge is -2.05. The largest absolute Gasteiger partial charge is 0.342 e. The molecule has 94 valence electrons. The summed E-state index contributed by atoms with van der Waals surface area (Å²) < 4.78 is 1.37. The zero-order valence-electron chi connectivity index (χ0n) is 10.0. The van der Waals surface area contributed by atoms with E-state index in [1.807, 2.05) is 25.1 Å². The molecule has 1 aromatic carbocycles. The van der Waals surface area contributed by atoms with Crippen molar-refractivity contribution in [1.82, 2.24) is 19.9 Å². The number of aromatic nitrogens is 4. The third kappa shape index (κ3) is 2.29. The van der Waals surface area contributed by atoms with Gasteiger partial charge >= 0.3 is 0 Å². The SMILES string of the molecule is Cc1[nH]c(-c2ccc3nccnc3c2)nc(=S)c1Br. The van der Waals surface area contributed by atoms with Crippen molar-refractivity contribution in [2.75, 3.05) is 0 Å². The van der Waals surface area contributed by atoms with Crippen LogP contribution in [0.2, 0.25) is 0 Å². The Morgan fingerprint density at radius 1 is 1.16 bits per heavy atom. The van der Waals surface area contributed by atoms with Gasteiger partial charge in [-0.05, 0) is 41.1 Å². The molecule has 0 radical (unpaired) electrons. The summed E-state index contributed by atoms with van der Waals surface area (Å²) in [6, 6.07) is 5.83. The van der Waals surface area contributed by atoms with Gasteiger partial charge in [0.15, 0.2) is 0 Å². The van der Waals surface area contributed by atoms with Crippen molar-refractivity contribution in [3.63, 3.8) is 0 Å². The van der Waals surface area contributed by atoms with Gasteiger partial charge in [0.2, 0.25) is 0 Å². The average molecular weight is 333 g/mol. The summed E-state index contributed by atoms with van der Waals surface area (Å²) in [5.74, 6) is 0.734. The molecule has 0 unspecified atom stereocenters. The molecular formula is C13H9BrN4S. The number of aryl methyl sites for hydroxylation is 1. The van der Waals surface area contributed by atoms with E-state index >= 15 is 0 Å². The first-order valence-corrected chi connectivity index (χ1v) is 6.83. The second kappa shape index (κ2) is 4.79. The van der Waals surface area contributed by atoms with Crippen molar-refractivity contribution in [3.8, 4) is 11.4 Å². The molecule has 0 bridgehead atoms. The minimum Gasteiger partial charge on any atom is -0.342 e. The second-order valence-electron chi connectivity index (χ2n) is 4.09. The highest BCUT2D eigenvalue weighted by atomic mass is 79.9. The first-order chi connectivity index (χ1) is 9.15. The van der Waals surface area contributed by atoms with Crippen LogP contribution in [0.3, 0.4) is 0 Å². The van der Waals surface area contributed by atoms with Crippen LogP contribution in [0.4, 0.5) is 0 Å². The van der Waals surface area contributed by atoms with E-state index in [1.54, 1.807) is 12.4 Å². The lowest BCUT2D eigenvalue weighted by molar-refractivity contribution is 1.08. The highest BCUT2D eigenvalue weighted by Gasteiger charge is 2.06. The maximum atomic E-state index is 5.22. The minimum atomic E-state index is 0.547. The maximum Gasteiger partial charge on any atom is 0.144 e. The van der Waals surface area contributed by atoms with E-state index in [4.69, 9.17) is 12.2 Å². The van der Waals surface area contributed by atoms with Crippen LogP contribution in [0.25, 0.3) is 22.4 Å². The number of nitrogens with one attached hydrogen (secondary N) is 1. The Morgan fingerprint density at radius 2 is 1.89 bits per heavy atom. The predicted octanol–water partition coefficient (Wildman–Crippen LogP) is 3.82. The first-order valence-electron chi connectivity index (χ1n) is 5.63. The molecule has 0 spiro atoms. The van der Waals surface area contributed by atoms with Gasteiger partial charge in [-0.15, -0.1) is 0 Å². The number of nitrogens with zero attached hydrogens (tertiary/aromatic N) is 3. The summed E-state index contributed by atoms with van der Waals surface area (Å²) in [4.78, 5) is 16.1. The fraction of sp³-hybridized carbons (Fsp3) is 0.0769. The molecule has 1 N–H and O–H groups in total. The van der Waals surface area contributed by atoms with Gasteiger partial charge < -0.3 is 4.98 Å². The lowest BCUT2D eigenvalue weighted by atomic mass is 10.2. The molecular weight excluding hydrogens is 324 g/mol. The normalized spacial score (nSPS) is 10.8. The number of rotatable bonds is 1. The molecule has 4 nitrogen and oxygen atoms in total. The number of halogens is 1. The summed E-state index contributed by atoms with van der Waals surface area (Å²) in [7, 11) is 0. The number of benzene rings is 1. The third-order valence-electron chi connectivity index (χ3n) is 2.78. The van der Waals surface area contributed by atoms with Crippen LogP contribution in [0, 0.1) is 11.6 Å². The van der Waals surface area contributed by atoms with Crippen molar-refractivity contribution >= 4 is 39.2 Å². The van der Waals surface area contributed by atoms with E-state index in [1.165, 1.54) is 0 Å². The Bertz CT molecular complexity index is 828. The van der Waals surface area contributed by atoms with Crippen LogP contribution in [-0.2, 0) is 0 Å². The highest BCUT2D eigenvalue weighted by molar-refractivity contribution is 9.10. The summed E-state index contributed by atoms with van der Waals surface area (Å²) >= 11 is 8.62. The fourth-order valence-electron chi connectivity index (χ4n) is 1.82. The zero-order chi connectivity index (χ0) is 13.4. The standard InChI is InChI=1S/C13H9BrN4S/c1-7-11(14)13(19)18-12(17-7)8-2-3-9-10(6-8)16-5-4-15-9/h2-6H,1H3,(H,17,18,19). The molecule has 0 aliphatic carbocycles. The number of hydrogen-bond donors (Lipinski definition) is 1. The monoisotopic (exact) mass is 332 g/mol. The van der Waals surface area contributed by atoms with Crippen LogP contribution >= 0.6 is 28.1 Å². The van der Waals surface area contributed by atoms with E-state index in [0.717, 1.165) is 32.6 Å². The van der Waals surface area contributed by atoms with Gasteiger partial charge in [0.05, 0.1) is 15.5 Å². The van der Waals surface area contributed by atoms with Crippen LogP contribution in [0.15, 0.2) is 35.1 Å². The van der Waals surface area contributed by atoms with Crippen LogP contribution in [0.1, 0.15) is 5.69 Å². The molecule has 0 aliphatic heterocycles. The van der Waals surface area contributed by atoms with Crippen LogP contribution in [-0.4, -0.2) is 19.9 Å². The van der Waals surface area contributed by atoms with Crippen molar-refractivity contribution in [2.24, 2.45) is 0 Å². The van der Waals surface area contributed by atoms with E-state index in [9.17, 15) is 0 Å². The van der Waals surface area contributed by atoms with E-state index < -0.39 is 0 Å². The van der Waals surface area contributed by atoms with Gasteiger partial charge in [-0.2, -0.15) is 0 Å². The first kappa shape index (κ1) is 12.4. The topological polar surface area (TPSA) is 54.5 Å².